The van der Waals surface area contributed by atoms with Gasteiger partial charge in [0.1, 0.15) is 5.75 Å². The van der Waals surface area contributed by atoms with E-state index in [0.29, 0.717) is 17.8 Å². The van der Waals surface area contributed by atoms with Crippen molar-refractivity contribution in [1.82, 2.24) is 10.2 Å². The average Bonchev–Trinajstić information content (AvgIpc) is 2.24. The third kappa shape index (κ3) is 2.41. The van der Waals surface area contributed by atoms with Crippen LogP contribution >= 0.6 is 11.6 Å². The summed E-state index contributed by atoms with van der Waals surface area (Å²) >= 11 is 5.67. The molecule has 0 aliphatic heterocycles. The van der Waals surface area contributed by atoms with Crippen LogP contribution in [0.4, 0.5) is 5.69 Å². The van der Waals surface area contributed by atoms with E-state index in [4.69, 9.17) is 17.3 Å². The van der Waals surface area contributed by atoms with Gasteiger partial charge in [0.2, 0.25) is 0 Å². The van der Waals surface area contributed by atoms with Gasteiger partial charge in [0.25, 0.3) is 0 Å². The number of hydrogen-bond donors (Lipinski definition) is 2. The number of nitrogen functional groups attached to an aromatic ring is 1. The third-order valence-corrected chi connectivity index (χ3v) is 2.42. The first-order valence-electron chi connectivity index (χ1n) is 4.70. The summed E-state index contributed by atoms with van der Waals surface area (Å²) < 4.78 is 0. The zero-order valence-corrected chi connectivity index (χ0v) is 9.15. The molecule has 5 heteroatoms. The summed E-state index contributed by atoms with van der Waals surface area (Å²) in [7, 11) is 0. The van der Waals surface area contributed by atoms with Crippen LogP contribution in [0.1, 0.15) is 11.3 Å². The number of halogens is 1. The van der Waals surface area contributed by atoms with Gasteiger partial charge < -0.3 is 10.8 Å². The van der Waals surface area contributed by atoms with Crippen LogP contribution in [0.15, 0.2) is 30.3 Å². The highest BCUT2D eigenvalue weighted by molar-refractivity contribution is 6.31. The number of nitrogens with two attached hydrogens (primary N) is 1. The van der Waals surface area contributed by atoms with Crippen molar-refractivity contribution in [1.29, 1.82) is 0 Å². The predicted molar refractivity (Wildman–Crippen MR) is 62.4 cm³/mol. The number of hydrogen-bond acceptors (Lipinski definition) is 4. The van der Waals surface area contributed by atoms with Crippen molar-refractivity contribution in [2.75, 3.05) is 5.73 Å². The molecule has 82 valence electrons. The van der Waals surface area contributed by atoms with Gasteiger partial charge in [-0.15, -0.1) is 5.10 Å². The van der Waals surface area contributed by atoms with Crippen LogP contribution in [0.2, 0.25) is 5.15 Å². The Morgan fingerprint density at radius 1 is 1.25 bits per heavy atom. The molecule has 0 saturated heterocycles. The highest BCUT2D eigenvalue weighted by Gasteiger charge is 2.03. The molecule has 3 N–H and O–H groups in total. The van der Waals surface area contributed by atoms with E-state index in [0.717, 1.165) is 5.56 Å². The molecule has 0 amide bonds. The minimum atomic E-state index is 0.208. The van der Waals surface area contributed by atoms with Crippen LogP contribution in [0, 0.1) is 0 Å². The molecule has 0 fully saturated rings. The van der Waals surface area contributed by atoms with Crippen molar-refractivity contribution < 1.29 is 5.11 Å². The maximum absolute atomic E-state index is 9.31. The lowest BCUT2D eigenvalue weighted by Gasteiger charge is -2.02. The Morgan fingerprint density at radius 2 is 2.06 bits per heavy atom. The fourth-order valence-electron chi connectivity index (χ4n) is 1.40. The lowest BCUT2D eigenvalue weighted by atomic mass is 10.1. The number of nitrogens with zero attached hydrogens (tertiary/aromatic N) is 2. The maximum Gasteiger partial charge on any atom is 0.174 e. The lowest BCUT2D eigenvalue weighted by molar-refractivity contribution is 0.474. The molecule has 0 saturated carbocycles. The number of phenols is 1. The van der Waals surface area contributed by atoms with Gasteiger partial charge in [-0.3, -0.25) is 0 Å². The highest BCUT2D eigenvalue weighted by atomic mass is 35.5. The zero-order valence-electron chi connectivity index (χ0n) is 8.39. The van der Waals surface area contributed by atoms with Crippen molar-refractivity contribution >= 4 is 17.3 Å². The Kier molecular flexibility index (Phi) is 2.92. The molecular formula is C11H10ClN3O. The predicted octanol–water partition coefficient (Wildman–Crippen LogP) is 2.01. The summed E-state index contributed by atoms with van der Waals surface area (Å²) in [6.07, 6.45) is 0.558. The standard InChI is InChI=1S/C11H10ClN3O/c12-11-10(13)6-8(14-15-11)4-7-2-1-3-9(16)5-7/h1-3,5-6,16H,4H2,(H2,13,14). The molecule has 2 aromatic rings. The lowest BCUT2D eigenvalue weighted by Crippen LogP contribution is -1.98. The summed E-state index contributed by atoms with van der Waals surface area (Å²) in [5.74, 6) is 0.229. The normalized spacial score (nSPS) is 10.3. The van der Waals surface area contributed by atoms with Crippen molar-refractivity contribution in [3.8, 4) is 5.75 Å². The van der Waals surface area contributed by atoms with E-state index >= 15 is 0 Å². The average molecular weight is 236 g/mol. The molecule has 0 aliphatic carbocycles. The molecule has 0 atom stereocenters. The smallest absolute Gasteiger partial charge is 0.174 e. The summed E-state index contributed by atoms with van der Waals surface area (Å²) in [6, 6.07) is 8.64. The van der Waals surface area contributed by atoms with E-state index in [9.17, 15) is 5.11 Å². The molecule has 1 aromatic heterocycles. The number of phenolic OH excluding ortho intramolecular Hbond substituents is 1. The SMILES string of the molecule is Nc1cc(Cc2cccc(O)c2)nnc1Cl. The van der Waals surface area contributed by atoms with Crippen LogP contribution < -0.4 is 5.73 Å². The minimum absolute atomic E-state index is 0.208. The fourth-order valence-corrected chi connectivity index (χ4v) is 1.49. The molecule has 0 unspecified atom stereocenters. The number of aromatic hydroxyl groups is 1. The first-order chi connectivity index (χ1) is 7.65. The third-order valence-electron chi connectivity index (χ3n) is 2.12. The van der Waals surface area contributed by atoms with Gasteiger partial charge in [-0.2, -0.15) is 5.10 Å². The Hall–Kier alpha value is -1.81. The zero-order chi connectivity index (χ0) is 11.5. The molecular weight excluding hydrogens is 226 g/mol. The number of aromatic nitrogens is 2. The molecule has 0 radical (unpaired) electrons. The largest absolute Gasteiger partial charge is 0.508 e. The fraction of sp³-hybridized carbons (Fsp3) is 0.0909. The molecule has 0 spiro atoms. The van der Waals surface area contributed by atoms with Crippen LogP contribution in [-0.2, 0) is 6.42 Å². The van der Waals surface area contributed by atoms with Crippen LogP contribution in [0.5, 0.6) is 5.75 Å². The van der Waals surface area contributed by atoms with Gasteiger partial charge in [0, 0.05) is 6.42 Å². The quantitative estimate of drug-likeness (QED) is 0.835. The van der Waals surface area contributed by atoms with Crippen molar-refractivity contribution in [3.63, 3.8) is 0 Å². The van der Waals surface area contributed by atoms with E-state index in [2.05, 4.69) is 10.2 Å². The Bertz CT molecular complexity index is 516. The van der Waals surface area contributed by atoms with Gasteiger partial charge in [-0.1, -0.05) is 23.7 Å². The molecule has 16 heavy (non-hydrogen) atoms. The molecule has 1 heterocycles. The second kappa shape index (κ2) is 4.37. The van der Waals surface area contributed by atoms with Crippen molar-refractivity contribution in [2.45, 2.75) is 6.42 Å². The highest BCUT2D eigenvalue weighted by Crippen LogP contribution is 2.18. The molecule has 4 nitrogen and oxygen atoms in total. The summed E-state index contributed by atoms with van der Waals surface area (Å²) in [6.45, 7) is 0. The molecule has 2 rings (SSSR count). The summed E-state index contributed by atoms with van der Waals surface area (Å²) in [5.41, 5.74) is 7.69. The van der Waals surface area contributed by atoms with Gasteiger partial charge in [0.05, 0.1) is 11.4 Å². The summed E-state index contributed by atoms with van der Waals surface area (Å²) in [4.78, 5) is 0. The second-order valence-electron chi connectivity index (χ2n) is 3.43. The van der Waals surface area contributed by atoms with Crippen molar-refractivity contribution in [3.05, 3.63) is 46.7 Å². The van der Waals surface area contributed by atoms with Crippen molar-refractivity contribution in [2.24, 2.45) is 0 Å². The number of anilines is 1. The van der Waals surface area contributed by atoms with Crippen LogP contribution in [0.3, 0.4) is 0 Å². The van der Waals surface area contributed by atoms with Gasteiger partial charge in [0.15, 0.2) is 5.15 Å². The van der Waals surface area contributed by atoms with Gasteiger partial charge in [-0.05, 0) is 23.8 Å². The van der Waals surface area contributed by atoms with E-state index in [1.54, 1.807) is 24.3 Å². The van der Waals surface area contributed by atoms with Crippen LogP contribution in [-0.4, -0.2) is 15.3 Å². The van der Waals surface area contributed by atoms with Gasteiger partial charge >= 0.3 is 0 Å². The van der Waals surface area contributed by atoms with E-state index in [1.807, 2.05) is 6.07 Å². The van der Waals surface area contributed by atoms with Crippen LogP contribution in [0.25, 0.3) is 0 Å². The number of rotatable bonds is 2. The minimum Gasteiger partial charge on any atom is -0.508 e. The monoisotopic (exact) mass is 235 g/mol. The van der Waals surface area contributed by atoms with Gasteiger partial charge in [-0.25, -0.2) is 0 Å². The first-order valence-corrected chi connectivity index (χ1v) is 5.08. The number of benzene rings is 1. The Balaban J connectivity index is 2.24. The molecule has 0 bridgehead atoms. The van der Waals surface area contributed by atoms with E-state index in [-0.39, 0.29) is 10.9 Å². The van der Waals surface area contributed by atoms with E-state index < -0.39 is 0 Å². The first kappa shape index (κ1) is 10.7. The summed E-state index contributed by atoms with van der Waals surface area (Å²) in [5, 5.41) is 17.2. The van der Waals surface area contributed by atoms with E-state index in [1.165, 1.54) is 0 Å². The topological polar surface area (TPSA) is 72.0 Å². The Morgan fingerprint density at radius 3 is 2.75 bits per heavy atom. The molecule has 1 aromatic carbocycles. The second-order valence-corrected chi connectivity index (χ2v) is 3.79. The Labute approximate surface area is 97.7 Å². The molecule has 0 aliphatic rings. The maximum atomic E-state index is 9.31.